The Labute approximate surface area is 246 Å². The van der Waals surface area contributed by atoms with Crippen molar-refractivity contribution in [2.75, 3.05) is 33.0 Å². The van der Waals surface area contributed by atoms with Crippen molar-refractivity contribution >= 4 is 23.8 Å². The van der Waals surface area contributed by atoms with E-state index in [1.165, 1.54) is 0 Å². The zero-order valence-corrected chi connectivity index (χ0v) is 23.7. The number of allylic oxidation sites excluding steroid dienone is 2. The fourth-order valence-corrected chi connectivity index (χ4v) is 4.46. The second-order valence-electron chi connectivity index (χ2n) is 10.0. The average Bonchev–Trinajstić information content (AvgIpc) is 3.01. The van der Waals surface area contributed by atoms with E-state index in [1.54, 1.807) is 12.1 Å². The van der Waals surface area contributed by atoms with Crippen molar-refractivity contribution in [3.05, 3.63) is 83.9 Å². The lowest BCUT2D eigenvalue weighted by Gasteiger charge is -2.22. The van der Waals surface area contributed by atoms with Crippen LogP contribution in [0.25, 0.3) is 0 Å². The Balaban J connectivity index is 1.72. The van der Waals surface area contributed by atoms with Gasteiger partial charge >= 0.3 is 11.9 Å². The molecule has 3 unspecified atom stereocenters. The van der Waals surface area contributed by atoms with Gasteiger partial charge in [0.15, 0.2) is 6.04 Å². The molecule has 0 bridgehead atoms. The van der Waals surface area contributed by atoms with Crippen LogP contribution in [0.4, 0.5) is 0 Å². The molecule has 0 spiro atoms. The first-order valence-electron chi connectivity index (χ1n) is 14.3. The van der Waals surface area contributed by atoms with Gasteiger partial charge < -0.3 is 30.0 Å². The van der Waals surface area contributed by atoms with Crippen molar-refractivity contribution in [3.8, 4) is 0 Å². The number of hydrogen-bond acceptors (Lipinski definition) is 8. The number of nitrogens with one attached hydrogen (secondary N) is 2. The molecule has 3 N–H and O–H groups in total. The molecule has 1 aliphatic heterocycles. The van der Waals surface area contributed by atoms with Gasteiger partial charge in [-0.2, -0.15) is 0 Å². The van der Waals surface area contributed by atoms with E-state index in [1.807, 2.05) is 60.7 Å². The predicted molar refractivity (Wildman–Crippen MR) is 155 cm³/mol. The molecular weight excluding hydrogens is 540 g/mol. The maximum Gasteiger partial charge on any atom is 0.332 e. The second kappa shape index (κ2) is 18.4. The Bertz CT molecular complexity index is 1160. The molecule has 10 nitrogen and oxygen atoms in total. The summed E-state index contributed by atoms with van der Waals surface area (Å²) < 4.78 is 16.2. The molecule has 2 aromatic rings. The van der Waals surface area contributed by atoms with Crippen LogP contribution in [0, 0.1) is 11.8 Å². The SMILES string of the molecule is O=C(CC1CC=CCCC(Cc2ccccc2)C(=O)OCC(C(=O)OCc2ccccc2)NC1=O)NCCOCCO. The van der Waals surface area contributed by atoms with Crippen molar-refractivity contribution < 1.29 is 38.5 Å². The van der Waals surface area contributed by atoms with E-state index in [-0.39, 0.29) is 51.7 Å². The number of rotatable bonds is 12. The van der Waals surface area contributed by atoms with Crippen molar-refractivity contribution in [2.45, 2.75) is 44.8 Å². The molecule has 0 aliphatic carbocycles. The van der Waals surface area contributed by atoms with Crippen LogP contribution in [0.2, 0.25) is 0 Å². The lowest BCUT2D eigenvalue weighted by atomic mass is 9.94. The van der Waals surface area contributed by atoms with Gasteiger partial charge in [0.25, 0.3) is 0 Å². The highest BCUT2D eigenvalue weighted by Gasteiger charge is 2.30. The Hall–Kier alpha value is -4.02. The molecule has 0 fully saturated rings. The number of benzene rings is 2. The van der Waals surface area contributed by atoms with Crippen molar-refractivity contribution in [3.63, 3.8) is 0 Å². The summed E-state index contributed by atoms with van der Waals surface area (Å²) >= 11 is 0. The van der Waals surface area contributed by atoms with Gasteiger partial charge in [-0.15, -0.1) is 0 Å². The van der Waals surface area contributed by atoms with Crippen LogP contribution in [-0.2, 0) is 46.4 Å². The van der Waals surface area contributed by atoms with Crippen molar-refractivity contribution in [1.82, 2.24) is 10.6 Å². The maximum atomic E-state index is 13.3. The zero-order chi connectivity index (χ0) is 30.0. The third-order valence-corrected chi connectivity index (χ3v) is 6.75. The molecule has 3 rings (SSSR count). The fraction of sp³-hybridized carbons (Fsp3) is 0.438. The van der Waals surface area contributed by atoms with Gasteiger partial charge in [-0.05, 0) is 36.8 Å². The Kier molecular flexibility index (Phi) is 14.3. The molecule has 0 aromatic heterocycles. The van der Waals surface area contributed by atoms with Crippen LogP contribution in [0.15, 0.2) is 72.8 Å². The highest BCUT2D eigenvalue weighted by molar-refractivity contribution is 5.89. The predicted octanol–water partition coefficient (Wildman–Crippen LogP) is 2.49. The lowest BCUT2D eigenvalue weighted by Crippen LogP contribution is -2.48. The lowest BCUT2D eigenvalue weighted by molar-refractivity contribution is -0.157. The molecule has 2 aromatic carbocycles. The summed E-state index contributed by atoms with van der Waals surface area (Å²) in [4.78, 5) is 52.1. The van der Waals surface area contributed by atoms with E-state index in [4.69, 9.17) is 19.3 Å². The number of carbonyl (C=O) groups excluding carboxylic acids is 4. The zero-order valence-electron chi connectivity index (χ0n) is 23.7. The standard InChI is InChI=1S/C32H40N2O8/c35-17-19-40-18-16-33-29(36)21-26-14-8-3-9-15-27(20-24-10-4-1-5-11-24)31(38)42-23-28(34-30(26)37)32(39)41-22-25-12-6-2-7-13-25/h1-8,10-13,26-28,35H,9,14-23H2,(H,33,36)(H,34,37). The molecule has 1 aliphatic rings. The fourth-order valence-electron chi connectivity index (χ4n) is 4.46. The van der Waals surface area contributed by atoms with Crippen molar-refractivity contribution in [1.29, 1.82) is 0 Å². The quantitative estimate of drug-likeness (QED) is 0.198. The summed E-state index contributed by atoms with van der Waals surface area (Å²) in [6.45, 7) is 0.121. The van der Waals surface area contributed by atoms with E-state index in [0.29, 0.717) is 19.3 Å². The van der Waals surface area contributed by atoms with Gasteiger partial charge in [0, 0.05) is 13.0 Å². The molecule has 10 heteroatoms. The summed E-state index contributed by atoms with van der Waals surface area (Å²) in [5, 5.41) is 14.2. The monoisotopic (exact) mass is 580 g/mol. The maximum absolute atomic E-state index is 13.3. The van der Waals surface area contributed by atoms with E-state index in [2.05, 4.69) is 10.6 Å². The largest absolute Gasteiger partial charge is 0.463 e. The van der Waals surface area contributed by atoms with Crippen molar-refractivity contribution in [2.24, 2.45) is 11.8 Å². The first-order valence-corrected chi connectivity index (χ1v) is 14.3. The van der Waals surface area contributed by atoms with Gasteiger partial charge in [-0.25, -0.2) is 4.79 Å². The minimum atomic E-state index is -1.25. The Morgan fingerprint density at radius 3 is 2.38 bits per heavy atom. The van der Waals surface area contributed by atoms with Crippen LogP contribution >= 0.6 is 0 Å². The molecular formula is C32H40N2O8. The Morgan fingerprint density at radius 1 is 0.952 bits per heavy atom. The molecule has 0 saturated carbocycles. The molecule has 226 valence electrons. The third-order valence-electron chi connectivity index (χ3n) is 6.75. The summed E-state index contributed by atoms with van der Waals surface area (Å²) in [5.74, 6) is -3.28. The molecule has 0 saturated heterocycles. The van der Waals surface area contributed by atoms with Crippen LogP contribution in [0.3, 0.4) is 0 Å². The smallest absolute Gasteiger partial charge is 0.332 e. The summed E-state index contributed by atoms with van der Waals surface area (Å²) in [6, 6.07) is 17.5. The van der Waals surface area contributed by atoms with Gasteiger partial charge in [0.2, 0.25) is 11.8 Å². The molecule has 0 radical (unpaired) electrons. The summed E-state index contributed by atoms with van der Waals surface area (Å²) in [6.07, 6.45) is 5.46. The first kappa shape index (κ1) is 32.5. The summed E-state index contributed by atoms with van der Waals surface area (Å²) in [7, 11) is 0. The normalized spacial score (nSPS) is 19.8. The van der Waals surface area contributed by atoms with Gasteiger partial charge in [0.05, 0.1) is 31.7 Å². The van der Waals surface area contributed by atoms with E-state index < -0.39 is 42.3 Å². The van der Waals surface area contributed by atoms with E-state index in [0.717, 1.165) is 11.1 Å². The Morgan fingerprint density at radius 2 is 1.67 bits per heavy atom. The number of cyclic esters (lactones) is 1. The third kappa shape index (κ3) is 11.8. The molecule has 42 heavy (non-hydrogen) atoms. The minimum Gasteiger partial charge on any atom is -0.463 e. The highest BCUT2D eigenvalue weighted by Crippen LogP contribution is 2.19. The van der Waals surface area contributed by atoms with Gasteiger partial charge in [-0.3, -0.25) is 14.4 Å². The topological polar surface area (TPSA) is 140 Å². The summed E-state index contributed by atoms with van der Waals surface area (Å²) in [5.41, 5.74) is 1.76. The van der Waals surface area contributed by atoms with Crippen LogP contribution < -0.4 is 10.6 Å². The number of hydrogen-bond donors (Lipinski definition) is 3. The second-order valence-corrected chi connectivity index (χ2v) is 10.0. The number of amides is 2. The van der Waals surface area contributed by atoms with Crippen LogP contribution in [0.5, 0.6) is 0 Å². The number of aliphatic hydroxyl groups is 1. The van der Waals surface area contributed by atoms with E-state index >= 15 is 0 Å². The molecule has 3 atom stereocenters. The number of carbonyl (C=O) groups is 4. The van der Waals surface area contributed by atoms with E-state index in [9.17, 15) is 19.2 Å². The van der Waals surface area contributed by atoms with Gasteiger partial charge in [-0.1, -0.05) is 72.8 Å². The average molecular weight is 581 g/mol. The van der Waals surface area contributed by atoms with Crippen LogP contribution in [-0.4, -0.2) is 67.9 Å². The van der Waals surface area contributed by atoms with Gasteiger partial charge in [0.1, 0.15) is 13.2 Å². The number of esters is 2. The van der Waals surface area contributed by atoms with Crippen LogP contribution in [0.1, 0.15) is 36.8 Å². The first-order chi connectivity index (χ1) is 20.5. The minimum absolute atomic E-state index is 0.0104. The number of aliphatic hydroxyl groups excluding tert-OH is 1. The highest BCUT2D eigenvalue weighted by atomic mass is 16.6. The molecule has 2 amide bonds. The molecule has 1 heterocycles. The number of ether oxygens (including phenoxy) is 3.